The van der Waals surface area contributed by atoms with E-state index in [1.54, 1.807) is 18.2 Å². The van der Waals surface area contributed by atoms with E-state index in [0.717, 1.165) is 5.56 Å². The summed E-state index contributed by atoms with van der Waals surface area (Å²) in [4.78, 5) is 23.9. The molecule has 0 bridgehead atoms. The van der Waals surface area contributed by atoms with Crippen molar-refractivity contribution < 1.29 is 24.0 Å². The molecular weight excluding hydrogens is 273 g/mol. The maximum atomic E-state index is 12.2. The third-order valence-corrected chi connectivity index (χ3v) is 3.48. The summed E-state index contributed by atoms with van der Waals surface area (Å²) in [5.41, 5.74) is 1.81. The number of hydrogen-bond donors (Lipinski definition) is 2. The van der Waals surface area contributed by atoms with E-state index in [1.807, 2.05) is 13.8 Å². The van der Waals surface area contributed by atoms with Crippen molar-refractivity contribution in [3.8, 4) is 0 Å². The van der Waals surface area contributed by atoms with Crippen LogP contribution in [0, 0.1) is 5.92 Å². The fourth-order valence-corrected chi connectivity index (χ4v) is 2.21. The fourth-order valence-electron chi connectivity index (χ4n) is 2.21. The summed E-state index contributed by atoms with van der Waals surface area (Å²) >= 11 is 0. The first-order valence-electron chi connectivity index (χ1n) is 6.75. The van der Waals surface area contributed by atoms with Crippen molar-refractivity contribution in [2.75, 3.05) is 7.11 Å². The lowest BCUT2D eigenvalue weighted by Gasteiger charge is -2.20. The molecule has 1 heterocycles. The van der Waals surface area contributed by atoms with Gasteiger partial charge < -0.3 is 19.7 Å². The van der Waals surface area contributed by atoms with Gasteiger partial charge >= 0.3 is 13.1 Å². The summed E-state index contributed by atoms with van der Waals surface area (Å²) in [5.74, 6) is -0.964. The number of ether oxygens (including phenoxy) is 1. The highest BCUT2D eigenvalue weighted by atomic mass is 16.5. The van der Waals surface area contributed by atoms with Crippen molar-refractivity contribution in [2.24, 2.45) is 5.92 Å². The van der Waals surface area contributed by atoms with Crippen LogP contribution < -0.4 is 10.8 Å². The summed E-state index contributed by atoms with van der Waals surface area (Å²) in [6, 6.07) is 4.25. The van der Waals surface area contributed by atoms with Crippen LogP contribution >= 0.6 is 0 Å². The zero-order chi connectivity index (χ0) is 15.6. The molecule has 2 N–H and O–H groups in total. The molecule has 1 unspecified atom stereocenters. The molecule has 1 aliphatic heterocycles. The van der Waals surface area contributed by atoms with E-state index in [9.17, 15) is 14.6 Å². The van der Waals surface area contributed by atoms with Gasteiger partial charge in [-0.3, -0.25) is 4.79 Å². The Balaban J connectivity index is 2.17. The van der Waals surface area contributed by atoms with Crippen LogP contribution in [-0.4, -0.2) is 37.2 Å². The van der Waals surface area contributed by atoms with Crippen molar-refractivity contribution in [1.29, 1.82) is 0 Å². The number of methoxy groups -OCH3 is 1. The third-order valence-electron chi connectivity index (χ3n) is 3.48. The predicted molar refractivity (Wildman–Crippen MR) is 76.9 cm³/mol. The van der Waals surface area contributed by atoms with Gasteiger partial charge in [-0.2, -0.15) is 0 Å². The lowest BCUT2D eigenvalue weighted by atomic mass is 9.78. The van der Waals surface area contributed by atoms with E-state index in [1.165, 1.54) is 7.11 Å². The number of benzene rings is 1. The molecule has 6 nitrogen and oxygen atoms in total. The van der Waals surface area contributed by atoms with E-state index in [-0.39, 0.29) is 11.8 Å². The van der Waals surface area contributed by atoms with Crippen molar-refractivity contribution in [3.05, 3.63) is 29.3 Å². The molecule has 0 aromatic heterocycles. The molecule has 1 amide bonds. The first-order chi connectivity index (χ1) is 9.93. The van der Waals surface area contributed by atoms with E-state index < -0.39 is 19.1 Å². The van der Waals surface area contributed by atoms with E-state index in [4.69, 9.17) is 4.65 Å². The fraction of sp³-hybridized carbons (Fsp3) is 0.429. The summed E-state index contributed by atoms with van der Waals surface area (Å²) in [6.45, 7) is 3.97. The molecule has 0 radical (unpaired) electrons. The minimum Gasteiger partial charge on any atom is -0.467 e. The van der Waals surface area contributed by atoms with Crippen LogP contribution in [0.1, 0.15) is 29.8 Å². The van der Waals surface area contributed by atoms with Gasteiger partial charge in [-0.05, 0) is 29.1 Å². The highest BCUT2D eigenvalue weighted by Gasteiger charge is 2.29. The molecule has 1 aliphatic rings. The van der Waals surface area contributed by atoms with Crippen molar-refractivity contribution >= 4 is 24.5 Å². The van der Waals surface area contributed by atoms with Crippen LogP contribution in [0.4, 0.5) is 0 Å². The van der Waals surface area contributed by atoms with Crippen LogP contribution in [0.3, 0.4) is 0 Å². The van der Waals surface area contributed by atoms with Crippen LogP contribution in [0.5, 0.6) is 0 Å². The summed E-state index contributed by atoms with van der Waals surface area (Å²) in [6.07, 6.45) is 0. The van der Waals surface area contributed by atoms with E-state index >= 15 is 0 Å². The Hall–Kier alpha value is -1.86. The first kappa shape index (κ1) is 15.5. The standard InChI is InChI=1S/C14H18BNO5/c1-8(2)12(14(18)20-3)16-13(17)9-4-5-10-7-21-15(19)11(10)6-9/h4-6,8,12,19H,7H2,1-3H3,(H,16,17). The number of nitrogens with one attached hydrogen (secondary N) is 1. The highest BCUT2D eigenvalue weighted by molar-refractivity contribution is 6.61. The Labute approximate surface area is 123 Å². The topological polar surface area (TPSA) is 84.9 Å². The normalized spacial score (nSPS) is 14.8. The SMILES string of the molecule is COC(=O)C(NC(=O)c1ccc2c(c1)B(O)OC2)C(C)C. The van der Waals surface area contributed by atoms with Crippen LogP contribution in [0.15, 0.2) is 18.2 Å². The molecule has 21 heavy (non-hydrogen) atoms. The second-order valence-electron chi connectivity index (χ2n) is 5.30. The van der Waals surface area contributed by atoms with Gasteiger partial charge in [0.15, 0.2) is 0 Å². The number of hydrogen-bond acceptors (Lipinski definition) is 5. The van der Waals surface area contributed by atoms with Crippen molar-refractivity contribution in [3.63, 3.8) is 0 Å². The van der Waals surface area contributed by atoms with Gasteiger partial charge in [-0.1, -0.05) is 19.9 Å². The molecule has 0 saturated heterocycles. The Morgan fingerprint density at radius 2 is 2.14 bits per heavy atom. The average Bonchev–Trinajstić information content (AvgIpc) is 2.84. The Morgan fingerprint density at radius 1 is 1.43 bits per heavy atom. The third kappa shape index (κ3) is 3.25. The van der Waals surface area contributed by atoms with Crippen molar-refractivity contribution in [1.82, 2.24) is 5.32 Å². The van der Waals surface area contributed by atoms with E-state index in [0.29, 0.717) is 17.6 Å². The molecule has 0 fully saturated rings. The van der Waals surface area contributed by atoms with Gasteiger partial charge in [-0.15, -0.1) is 0 Å². The molecule has 1 atom stereocenters. The molecule has 0 saturated carbocycles. The smallest absolute Gasteiger partial charge is 0.467 e. The van der Waals surface area contributed by atoms with Gasteiger partial charge in [-0.25, -0.2) is 4.79 Å². The number of rotatable bonds is 4. The van der Waals surface area contributed by atoms with Crippen molar-refractivity contribution in [2.45, 2.75) is 26.5 Å². The van der Waals surface area contributed by atoms with Crippen LogP contribution in [0.25, 0.3) is 0 Å². The summed E-state index contributed by atoms with van der Waals surface area (Å²) < 4.78 is 9.77. The minimum absolute atomic E-state index is 0.0928. The molecule has 7 heteroatoms. The molecule has 1 aromatic rings. The second-order valence-corrected chi connectivity index (χ2v) is 5.30. The Kier molecular flexibility index (Phi) is 4.64. The van der Waals surface area contributed by atoms with Gasteiger partial charge in [0, 0.05) is 5.56 Å². The van der Waals surface area contributed by atoms with Gasteiger partial charge in [0.05, 0.1) is 13.7 Å². The molecule has 0 spiro atoms. The zero-order valence-electron chi connectivity index (χ0n) is 12.3. The molecule has 112 valence electrons. The van der Waals surface area contributed by atoms with E-state index in [2.05, 4.69) is 10.1 Å². The molecular formula is C14H18BNO5. The van der Waals surface area contributed by atoms with Gasteiger partial charge in [0.2, 0.25) is 0 Å². The van der Waals surface area contributed by atoms with Gasteiger partial charge in [0.1, 0.15) is 6.04 Å². The number of carbonyl (C=O) groups is 2. The van der Waals surface area contributed by atoms with Gasteiger partial charge in [0.25, 0.3) is 5.91 Å². The van der Waals surface area contributed by atoms with Crippen LogP contribution in [0.2, 0.25) is 0 Å². The average molecular weight is 291 g/mol. The quantitative estimate of drug-likeness (QED) is 0.594. The lowest BCUT2D eigenvalue weighted by Crippen LogP contribution is -2.45. The largest absolute Gasteiger partial charge is 0.491 e. The monoisotopic (exact) mass is 291 g/mol. The summed E-state index contributed by atoms with van der Waals surface area (Å²) in [7, 11) is 0.279. The lowest BCUT2D eigenvalue weighted by molar-refractivity contribution is -0.144. The number of fused-ring (bicyclic) bond motifs is 1. The number of carbonyl (C=O) groups excluding carboxylic acids is 2. The number of esters is 1. The first-order valence-corrected chi connectivity index (χ1v) is 6.75. The maximum absolute atomic E-state index is 12.2. The predicted octanol–water partition coefficient (Wildman–Crippen LogP) is -0.168. The molecule has 2 rings (SSSR count). The Morgan fingerprint density at radius 3 is 2.76 bits per heavy atom. The minimum atomic E-state index is -1.01. The molecule has 1 aromatic carbocycles. The Bertz CT molecular complexity index is 560. The maximum Gasteiger partial charge on any atom is 0.491 e. The molecule has 0 aliphatic carbocycles. The highest BCUT2D eigenvalue weighted by Crippen LogP contribution is 2.12. The zero-order valence-corrected chi connectivity index (χ0v) is 12.3. The number of amides is 1. The van der Waals surface area contributed by atoms with Crippen LogP contribution in [-0.2, 0) is 20.8 Å². The second kappa shape index (κ2) is 6.28. The summed E-state index contributed by atoms with van der Waals surface area (Å²) in [5, 5.41) is 12.3.